The van der Waals surface area contributed by atoms with Gasteiger partial charge in [-0.3, -0.25) is 0 Å². The lowest BCUT2D eigenvalue weighted by molar-refractivity contribution is 0.198. The van der Waals surface area contributed by atoms with Crippen LogP contribution in [-0.4, -0.2) is 25.3 Å². The maximum absolute atomic E-state index is 12.1. The van der Waals surface area contributed by atoms with Gasteiger partial charge >= 0.3 is 6.09 Å². The van der Waals surface area contributed by atoms with Gasteiger partial charge in [0.15, 0.2) is 0 Å². The Hall–Kier alpha value is -2.32. The monoisotopic (exact) mass is 475 g/mol. The summed E-state index contributed by atoms with van der Waals surface area (Å²) in [5, 5.41) is 4.68. The fourth-order valence-electron chi connectivity index (χ4n) is 2.73. The number of ether oxygens (including phenoxy) is 3. The summed E-state index contributed by atoms with van der Waals surface area (Å²) in [7, 11) is 0. The molecule has 1 fully saturated rings. The highest BCUT2D eigenvalue weighted by Crippen LogP contribution is 2.37. The summed E-state index contributed by atoms with van der Waals surface area (Å²) in [6.45, 7) is 1.59. The fraction of sp³-hybridized carbons (Fsp3) is 0.190. The van der Waals surface area contributed by atoms with E-state index in [2.05, 4.69) is 27.9 Å². The minimum Gasteiger partial charge on any atom is -0.488 e. The number of carbonyl (C=O) groups excluding carboxylic acids is 1. The van der Waals surface area contributed by atoms with Crippen LogP contribution in [0.1, 0.15) is 5.56 Å². The molecule has 1 atom stereocenters. The van der Waals surface area contributed by atoms with Crippen LogP contribution in [-0.2, 0) is 11.3 Å². The molecule has 4 rings (SSSR count). The summed E-state index contributed by atoms with van der Waals surface area (Å²) in [5.41, 5.74) is 1.07. The Balaban J connectivity index is 1.58. The highest BCUT2D eigenvalue weighted by atomic mass is 127. The first-order valence-corrected chi connectivity index (χ1v) is 9.74. The summed E-state index contributed by atoms with van der Waals surface area (Å²) < 4.78 is 17.5. The Kier molecular flexibility index (Phi) is 5.45. The highest BCUT2D eigenvalue weighted by molar-refractivity contribution is 14.1. The van der Waals surface area contributed by atoms with Crippen LogP contribution in [0.2, 0.25) is 0 Å². The van der Waals surface area contributed by atoms with Crippen molar-refractivity contribution in [2.45, 2.75) is 12.7 Å². The van der Waals surface area contributed by atoms with Crippen LogP contribution in [0.15, 0.2) is 60.7 Å². The van der Waals surface area contributed by atoms with Crippen LogP contribution < -0.4 is 14.8 Å². The molecule has 1 unspecified atom stereocenters. The zero-order chi connectivity index (χ0) is 18.6. The van der Waals surface area contributed by atoms with Crippen LogP contribution in [0, 0.1) is 3.57 Å². The van der Waals surface area contributed by atoms with Crippen molar-refractivity contribution in [1.82, 2.24) is 5.32 Å². The second-order valence-electron chi connectivity index (χ2n) is 6.23. The normalized spacial score (nSPS) is 15.4. The van der Waals surface area contributed by atoms with Crippen LogP contribution >= 0.6 is 22.6 Å². The second kappa shape index (κ2) is 8.14. The Morgan fingerprint density at radius 1 is 1.07 bits per heavy atom. The van der Waals surface area contributed by atoms with Gasteiger partial charge in [-0.25, -0.2) is 4.79 Å². The lowest BCUT2D eigenvalue weighted by atomic mass is 10.1. The average Bonchev–Trinajstić information content (AvgIpc) is 3.53. The van der Waals surface area contributed by atoms with E-state index < -0.39 is 6.09 Å². The highest BCUT2D eigenvalue weighted by Gasteiger charge is 2.23. The number of hydrogen-bond acceptors (Lipinski definition) is 4. The molecule has 1 aliphatic heterocycles. The van der Waals surface area contributed by atoms with E-state index in [4.69, 9.17) is 14.2 Å². The standard InChI is InChI=1S/C21H18INO4/c22-20-17-9-5-4-8-16(17)18(26-12-14-6-2-1-3-7-14)10-19(20)27-21(24)23-11-15-13-25-15/h1-10,15H,11-13H2,(H,23,24). The molecule has 0 aliphatic carbocycles. The van der Waals surface area contributed by atoms with Gasteiger partial charge in [-0.15, -0.1) is 0 Å². The number of fused-ring (bicyclic) bond motifs is 1. The predicted octanol–water partition coefficient (Wildman–Crippen LogP) is 4.51. The molecule has 138 valence electrons. The zero-order valence-electron chi connectivity index (χ0n) is 14.5. The summed E-state index contributed by atoms with van der Waals surface area (Å²) in [6.07, 6.45) is -0.384. The third kappa shape index (κ3) is 4.51. The number of nitrogens with one attached hydrogen (secondary N) is 1. The molecule has 1 saturated heterocycles. The van der Waals surface area contributed by atoms with Crippen molar-refractivity contribution < 1.29 is 19.0 Å². The average molecular weight is 475 g/mol. The number of benzene rings is 3. The number of halogens is 1. The first-order chi connectivity index (χ1) is 13.2. The van der Waals surface area contributed by atoms with Crippen LogP contribution in [0.25, 0.3) is 10.8 Å². The van der Waals surface area contributed by atoms with Crippen molar-refractivity contribution in [3.8, 4) is 11.5 Å². The topological polar surface area (TPSA) is 60.1 Å². The number of carbonyl (C=O) groups is 1. The molecule has 0 aromatic heterocycles. The molecular formula is C21H18INO4. The van der Waals surface area contributed by atoms with E-state index >= 15 is 0 Å². The quantitative estimate of drug-likeness (QED) is 0.421. The number of epoxide rings is 1. The van der Waals surface area contributed by atoms with Crippen molar-refractivity contribution in [2.75, 3.05) is 13.2 Å². The molecule has 0 saturated carbocycles. The first-order valence-electron chi connectivity index (χ1n) is 8.66. The number of amides is 1. The van der Waals surface area contributed by atoms with Crippen molar-refractivity contribution in [1.29, 1.82) is 0 Å². The first kappa shape index (κ1) is 18.1. The number of rotatable bonds is 6. The van der Waals surface area contributed by atoms with Gasteiger partial charge in [0.05, 0.1) is 16.3 Å². The van der Waals surface area contributed by atoms with Crippen molar-refractivity contribution in [3.05, 3.63) is 69.8 Å². The largest absolute Gasteiger partial charge is 0.488 e. The van der Waals surface area contributed by atoms with Gasteiger partial charge in [0.25, 0.3) is 0 Å². The van der Waals surface area contributed by atoms with Gasteiger partial charge in [-0.05, 0) is 28.2 Å². The lowest BCUT2D eigenvalue weighted by Crippen LogP contribution is -2.30. The smallest absolute Gasteiger partial charge is 0.412 e. The lowest BCUT2D eigenvalue weighted by Gasteiger charge is -2.14. The van der Waals surface area contributed by atoms with Gasteiger partial charge in [-0.2, -0.15) is 0 Å². The Morgan fingerprint density at radius 3 is 2.52 bits per heavy atom. The summed E-state index contributed by atoms with van der Waals surface area (Å²) in [5.74, 6) is 1.16. The maximum atomic E-state index is 12.1. The van der Waals surface area contributed by atoms with E-state index in [1.54, 1.807) is 6.07 Å². The van der Waals surface area contributed by atoms with Gasteiger partial charge < -0.3 is 19.5 Å². The predicted molar refractivity (Wildman–Crippen MR) is 111 cm³/mol. The van der Waals surface area contributed by atoms with Gasteiger partial charge in [-0.1, -0.05) is 54.6 Å². The molecular weight excluding hydrogens is 457 g/mol. The van der Waals surface area contributed by atoms with Crippen molar-refractivity contribution in [2.24, 2.45) is 0 Å². The molecule has 1 heterocycles. The van der Waals surface area contributed by atoms with Crippen molar-refractivity contribution >= 4 is 39.5 Å². The SMILES string of the molecule is O=C(NCC1CO1)Oc1cc(OCc2ccccc2)c2ccccc2c1I. The minimum atomic E-state index is -0.493. The Labute approximate surface area is 170 Å². The molecule has 6 heteroatoms. The van der Waals surface area contributed by atoms with Gasteiger partial charge in [0.2, 0.25) is 0 Å². The van der Waals surface area contributed by atoms with E-state index in [0.29, 0.717) is 31.3 Å². The number of hydrogen-bond donors (Lipinski definition) is 1. The van der Waals surface area contributed by atoms with Crippen LogP contribution in [0.3, 0.4) is 0 Å². The molecule has 1 N–H and O–H groups in total. The third-order valence-corrected chi connectivity index (χ3v) is 5.34. The molecule has 27 heavy (non-hydrogen) atoms. The van der Waals surface area contributed by atoms with Crippen LogP contribution in [0.5, 0.6) is 11.5 Å². The van der Waals surface area contributed by atoms with E-state index in [0.717, 1.165) is 19.9 Å². The zero-order valence-corrected chi connectivity index (χ0v) is 16.6. The molecule has 0 bridgehead atoms. The van der Waals surface area contributed by atoms with Gasteiger partial charge in [0, 0.05) is 23.4 Å². The van der Waals surface area contributed by atoms with E-state index in [1.807, 2.05) is 54.6 Å². The summed E-state index contributed by atoms with van der Waals surface area (Å²) in [6, 6.07) is 19.7. The second-order valence-corrected chi connectivity index (χ2v) is 7.31. The molecule has 5 nitrogen and oxygen atoms in total. The third-order valence-electron chi connectivity index (χ3n) is 4.22. The van der Waals surface area contributed by atoms with Crippen LogP contribution in [0.4, 0.5) is 4.79 Å². The van der Waals surface area contributed by atoms with E-state index in [1.165, 1.54) is 0 Å². The minimum absolute atomic E-state index is 0.109. The Bertz CT molecular complexity index is 957. The van der Waals surface area contributed by atoms with Crippen molar-refractivity contribution in [3.63, 3.8) is 0 Å². The van der Waals surface area contributed by atoms with E-state index in [-0.39, 0.29) is 6.10 Å². The molecule has 3 aromatic carbocycles. The van der Waals surface area contributed by atoms with Gasteiger partial charge in [0.1, 0.15) is 18.1 Å². The Morgan fingerprint density at radius 2 is 1.78 bits per heavy atom. The molecule has 3 aromatic rings. The summed E-state index contributed by atoms with van der Waals surface area (Å²) in [4.78, 5) is 12.1. The molecule has 1 amide bonds. The molecule has 0 radical (unpaired) electrons. The fourth-order valence-corrected chi connectivity index (χ4v) is 3.47. The molecule has 1 aliphatic rings. The maximum Gasteiger partial charge on any atom is 0.412 e. The molecule has 0 spiro atoms. The summed E-state index contributed by atoms with van der Waals surface area (Å²) >= 11 is 2.20. The van der Waals surface area contributed by atoms with E-state index in [9.17, 15) is 4.79 Å².